The van der Waals surface area contributed by atoms with Gasteiger partial charge in [-0.2, -0.15) is 0 Å². The normalized spacial score (nSPS) is 11.9. The number of pyridine rings is 1. The van der Waals surface area contributed by atoms with Crippen molar-refractivity contribution in [3.05, 3.63) is 59.6 Å². The van der Waals surface area contributed by atoms with Crippen molar-refractivity contribution in [1.29, 1.82) is 0 Å². The van der Waals surface area contributed by atoms with Crippen molar-refractivity contribution in [2.24, 2.45) is 0 Å². The third-order valence-corrected chi connectivity index (χ3v) is 9.01. The molecular weight excluding hydrogens is 586 g/mol. The van der Waals surface area contributed by atoms with E-state index in [9.17, 15) is 0 Å². The van der Waals surface area contributed by atoms with Crippen molar-refractivity contribution >= 4 is 37.9 Å². The molecule has 1 radical (unpaired) electrons. The van der Waals surface area contributed by atoms with Crippen molar-refractivity contribution in [2.75, 3.05) is 26.7 Å². The van der Waals surface area contributed by atoms with Crippen molar-refractivity contribution in [1.82, 2.24) is 24.9 Å². The molecule has 5 nitrogen and oxygen atoms in total. The van der Waals surface area contributed by atoms with Crippen LogP contribution in [-0.4, -0.2) is 46.6 Å². The number of fused-ring (bicyclic) bond motifs is 2. The van der Waals surface area contributed by atoms with Gasteiger partial charge in [0.25, 0.3) is 0 Å². The average Bonchev–Trinajstić information content (AvgIpc) is 3.17. The van der Waals surface area contributed by atoms with Gasteiger partial charge in [0.2, 0.25) is 0 Å². The Kier molecular flexibility index (Phi) is 9.18. The Morgan fingerprint density at radius 3 is 2.03 bits per heavy atom. The first-order valence-corrected chi connectivity index (χ1v) is 14.6. The fraction of sp³-hybridized carbons (Fsp3) is 0.273. The van der Waals surface area contributed by atoms with Gasteiger partial charge in [0.05, 0.1) is 38.0 Å². The maximum atomic E-state index is 4.39. The molecule has 0 saturated carbocycles. The second-order valence-electron chi connectivity index (χ2n) is 7.42. The van der Waals surface area contributed by atoms with E-state index in [0.717, 1.165) is 16.5 Å². The minimum Gasteiger partial charge on any atom is -0.365 e. The van der Waals surface area contributed by atoms with E-state index < -0.39 is 0 Å². The van der Waals surface area contributed by atoms with E-state index in [1.807, 2.05) is 36.5 Å². The number of aromatic nitrogens is 5. The fourth-order valence-electron chi connectivity index (χ4n) is 2.78. The molecule has 0 spiro atoms. The van der Waals surface area contributed by atoms with Gasteiger partial charge >= 0.3 is 19.8 Å². The smallest absolute Gasteiger partial charge is 0.365 e. The van der Waals surface area contributed by atoms with E-state index in [4.69, 9.17) is 0 Å². The Labute approximate surface area is 193 Å². The zero-order valence-electron chi connectivity index (χ0n) is 18.2. The van der Waals surface area contributed by atoms with E-state index >= 15 is 0 Å². The van der Waals surface area contributed by atoms with Crippen LogP contribution in [-0.2, 0) is 19.8 Å². The monoisotopic (exact) mass is 616 g/mol. The summed E-state index contributed by atoms with van der Waals surface area (Å²) in [6.07, 6.45) is 5.04. The molecule has 0 aliphatic heterocycles. The Balaban J connectivity index is 0.000000253. The molecule has 30 heavy (non-hydrogen) atoms. The average molecular weight is 615 g/mol. The predicted molar refractivity (Wildman–Crippen MR) is 130 cm³/mol. The second-order valence-corrected chi connectivity index (χ2v) is 12.9. The van der Waals surface area contributed by atoms with Crippen molar-refractivity contribution in [3.63, 3.8) is 0 Å². The van der Waals surface area contributed by atoms with Crippen LogP contribution in [0.2, 0.25) is 0 Å². The van der Waals surface area contributed by atoms with Crippen molar-refractivity contribution in [3.8, 4) is 11.5 Å². The number of nitrogens with zero attached hydrogens (tertiary/aromatic N) is 5. The van der Waals surface area contributed by atoms with E-state index in [0.29, 0.717) is 17.1 Å². The molecule has 8 heteroatoms. The molecule has 1 aromatic carbocycles. The molecule has 0 saturated heterocycles. The number of hydrogen-bond acceptors (Lipinski definition) is 4. The van der Waals surface area contributed by atoms with Gasteiger partial charge in [-0.1, -0.05) is 24.3 Å². The number of imidazole rings is 1. The summed E-state index contributed by atoms with van der Waals surface area (Å²) in [5.74, 6) is 0.562. The first-order valence-electron chi connectivity index (χ1n) is 9.62. The van der Waals surface area contributed by atoms with Gasteiger partial charge in [-0.25, -0.2) is 0 Å². The van der Waals surface area contributed by atoms with Crippen molar-refractivity contribution in [2.45, 2.75) is 13.8 Å². The number of benzene rings is 1. The topological polar surface area (TPSA) is 65.7 Å². The van der Waals surface area contributed by atoms with Gasteiger partial charge in [0.1, 0.15) is 10.6 Å². The summed E-state index contributed by atoms with van der Waals surface area (Å²) in [5, 5.41) is 5.61. The van der Waals surface area contributed by atoms with E-state index in [1.165, 1.54) is 0 Å². The quantitative estimate of drug-likeness (QED) is 0.290. The van der Waals surface area contributed by atoms with Crippen LogP contribution in [0.1, 0.15) is 13.8 Å². The Hall–Kier alpha value is -1.58. The zero-order chi connectivity index (χ0) is 21.0. The van der Waals surface area contributed by atoms with Gasteiger partial charge < -0.3 is 15.0 Å². The zero-order valence-corrected chi connectivity index (χ0v) is 22.7. The molecule has 0 unspecified atom stereocenters. The van der Waals surface area contributed by atoms with Crippen LogP contribution in [0.5, 0.6) is 0 Å². The molecule has 0 bridgehead atoms. The molecule has 0 amide bonds. The minimum atomic E-state index is -0.151. The molecule has 3 aromatic heterocycles. The van der Waals surface area contributed by atoms with Gasteiger partial charge in [-0.3, -0.25) is 9.97 Å². The number of allylic oxidation sites excluding steroid dienone is 2. The van der Waals surface area contributed by atoms with Crippen molar-refractivity contribution < 1.29 is 19.8 Å². The summed E-state index contributed by atoms with van der Waals surface area (Å²) < 4.78 is 0. The van der Waals surface area contributed by atoms with Gasteiger partial charge in [0, 0.05) is 45.1 Å². The Morgan fingerprint density at radius 1 is 0.833 bits per heavy atom. The summed E-state index contributed by atoms with van der Waals surface area (Å²) >= 11 is 0. The molecule has 157 valence electrons. The van der Waals surface area contributed by atoms with Gasteiger partial charge in [-0.15, -0.1) is 0 Å². The summed E-state index contributed by atoms with van der Waals surface area (Å²) in [7, 11) is -0.302. The fourth-order valence-corrected chi connectivity index (χ4v) is 5.78. The van der Waals surface area contributed by atoms with Crippen LogP contribution < -0.4 is 4.98 Å². The maximum Gasteiger partial charge on any atom is 1.00 e. The van der Waals surface area contributed by atoms with Crippen LogP contribution in [0.25, 0.3) is 33.6 Å². The summed E-state index contributed by atoms with van der Waals surface area (Å²) in [6, 6.07) is 10.0. The maximum absolute atomic E-state index is 4.39. The first kappa shape index (κ1) is 24.7. The van der Waals surface area contributed by atoms with Crippen LogP contribution in [0.15, 0.2) is 59.6 Å². The molecule has 4 aromatic rings. The van der Waals surface area contributed by atoms with Crippen LogP contribution in [0, 0.1) is 0 Å². The van der Waals surface area contributed by atoms with E-state index in [2.05, 4.69) is 65.4 Å². The summed E-state index contributed by atoms with van der Waals surface area (Å²) in [4.78, 5) is 21.3. The third-order valence-electron chi connectivity index (χ3n) is 5.01. The molecule has 0 aliphatic carbocycles. The molecule has 0 aliphatic rings. The minimum absolute atomic E-state index is 0. The first-order chi connectivity index (χ1) is 13.9. The Morgan fingerprint density at radius 2 is 1.43 bits per heavy atom. The summed E-state index contributed by atoms with van der Waals surface area (Å²) in [6.45, 7) is 14.1. The molecular formula is C22H28N5OsP2+2. The summed E-state index contributed by atoms with van der Waals surface area (Å²) in [5.41, 5.74) is 1.83. The van der Waals surface area contributed by atoms with E-state index in [1.54, 1.807) is 23.0 Å². The van der Waals surface area contributed by atoms with Crippen LogP contribution >= 0.6 is 15.8 Å². The molecule has 0 fully saturated rings. The van der Waals surface area contributed by atoms with Gasteiger partial charge in [0.15, 0.2) is 0 Å². The number of hydrogen-bond donors (Lipinski definition) is 0. The SMILES string of the molecule is C/C(=C(\C)[PH+](C)C)[PH+](C)C.[Os+].c1ccc2cc(-c3nc4nccnc4[n-]3)ncc2c1. The molecule has 0 N–H and O–H groups in total. The molecule has 3 heterocycles. The van der Waals surface area contributed by atoms with Crippen LogP contribution in [0.3, 0.4) is 0 Å². The largest absolute Gasteiger partial charge is 1.00 e. The number of rotatable bonds is 3. The standard InChI is InChI=1S/C14H8N5.C8H18P2.Os/c1-2-4-10-8-17-11(7-9(10)3-1)12-18-13-14(19-12)16-6-5-15-13;1-7(9(3)4)8(2)10(5)6;/h1-8H;1-6H3;/q-1;;+1/p+2/b;8-7-;. The molecule has 0 atom stereocenters. The predicted octanol–water partition coefficient (Wildman–Crippen LogP) is 5.38. The van der Waals surface area contributed by atoms with Crippen LogP contribution in [0.4, 0.5) is 0 Å². The Bertz CT molecular complexity index is 1110. The van der Waals surface area contributed by atoms with Gasteiger partial charge in [-0.05, 0) is 31.5 Å². The third kappa shape index (κ3) is 5.98. The van der Waals surface area contributed by atoms with E-state index in [-0.39, 0.29) is 35.6 Å². The molecule has 4 rings (SSSR count). The second kappa shape index (κ2) is 11.2.